The Balaban J connectivity index is 2.43. The molecule has 0 aliphatic carbocycles. The lowest BCUT2D eigenvalue weighted by molar-refractivity contribution is -0.141. The Morgan fingerprint density at radius 2 is 1.56 bits per heavy atom. The number of hydrogen-bond acceptors (Lipinski definition) is 3. The Morgan fingerprint density at radius 1 is 1.06 bits per heavy atom. The van der Waals surface area contributed by atoms with Gasteiger partial charge < -0.3 is 14.8 Å². The van der Waals surface area contributed by atoms with Crippen LogP contribution in [0.15, 0.2) is 24.5 Å². The monoisotopic (exact) mass is 226 g/mol. The van der Waals surface area contributed by atoms with Crippen LogP contribution in [-0.2, 0) is 16.1 Å². The standard InChI is InChI=1S/C10H14N2O4/c13-9(14)7-12(8-10(15)16)6-5-11-3-1-2-4-11/h1-4H,5-8H2,(H,13,14)(H,15,16). The summed E-state index contributed by atoms with van der Waals surface area (Å²) in [4.78, 5) is 22.4. The van der Waals surface area contributed by atoms with E-state index in [1.165, 1.54) is 4.90 Å². The summed E-state index contributed by atoms with van der Waals surface area (Å²) in [5, 5.41) is 17.2. The van der Waals surface area contributed by atoms with Crippen molar-refractivity contribution >= 4 is 11.9 Å². The molecule has 0 saturated carbocycles. The molecule has 0 aromatic carbocycles. The van der Waals surface area contributed by atoms with Gasteiger partial charge in [0.05, 0.1) is 13.1 Å². The van der Waals surface area contributed by atoms with Gasteiger partial charge in [-0.15, -0.1) is 0 Å². The highest BCUT2D eigenvalue weighted by Gasteiger charge is 2.12. The molecule has 88 valence electrons. The smallest absolute Gasteiger partial charge is 0.317 e. The average Bonchev–Trinajstić information content (AvgIpc) is 2.64. The highest BCUT2D eigenvalue weighted by molar-refractivity contribution is 5.72. The molecule has 6 nitrogen and oxygen atoms in total. The molecule has 0 bridgehead atoms. The Hall–Kier alpha value is -1.82. The topological polar surface area (TPSA) is 82.8 Å². The predicted octanol–water partition coefficient (Wildman–Crippen LogP) is -0.0407. The number of nitrogens with zero attached hydrogens (tertiary/aromatic N) is 2. The molecule has 0 amide bonds. The molecule has 1 aromatic heterocycles. The molecule has 0 fully saturated rings. The van der Waals surface area contributed by atoms with Crippen molar-refractivity contribution in [2.75, 3.05) is 19.6 Å². The lowest BCUT2D eigenvalue weighted by atomic mass is 10.4. The molecule has 0 saturated heterocycles. The molecule has 1 aromatic rings. The van der Waals surface area contributed by atoms with Gasteiger partial charge in [-0.25, -0.2) is 0 Å². The van der Waals surface area contributed by atoms with Gasteiger partial charge >= 0.3 is 11.9 Å². The van der Waals surface area contributed by atoms with Gasteiger partial charge in [0.1, 0.15) is 0 Å². The van der Waals surface area contributed by atoms with Gasteiger partial charge in [0.25, 0.3) is 0 Å². The minimum absolute atomic E-state index is 0.256. The summed E-state index contributed by atoms with van der Waals surface area (Å²) >= 11 is 0. The fraction of sp³-hybridized carbons (Fsp3) is 0.400. The van der Waals surface area contributed by atoms with Gasteiger partial charge in [0.15, 0.2) is 0 Å². The molecule has 16 heavy (non-hydrogen) atoms. The highest BCUT2D eigenvalue weighted by Crippen LogP contribution is 1.94. The van der Waals surface area contributed by atoms with E-state index in [1.54, 1.807) is 0 Å². The largest absolute Gasteiger partial charge is 0.480 e. The molecule has 0 unspecified atom stereocenters. The molecule has 0 atom stereocenters. The van der Waals surface area contributed by atoms with E-state index in [0.29, 0.717) is 13.1 Å². The van der Waals surface area contributed by atoms with Crippen molar-refractivity contribution in [1.29, 1.82) is 0 Å². The van der Waals surface area contributed by atoms with Crippen molar-refractivity contribution in [2.45, 2.75) is 6.54 Å². The van der Waals surface area contributed by atoms with E-state index >= 15 is 0 Å². The van der Waals surface area contributed by atoms with Crippen LogP contribution in [0.25, 0.3) is 0 Å². The van der Waals surface area contributed by atoms with E-state index in [-0.39, 0.29) is 13.1 Å². The second-order valence-corrected chi connectivity index (χ2v) is 3.42. The van der Waals surface area contributed by atoms with E-state index in [0.717, 1.165) is 0 Å². The molecule has 1 rings (SSSR count). The van der Waals surface area contributed by atoms with Crippen molar-refractivity contribution in [3.8, 4) is 0 Å². The SMILES string of the molecule is O=C(O)CN(CCn1cccc1)CC(=O)O. The third kappa shape index (κ3) is 4.61. The van der Waals surface area contributed by atoms with E-state index < -0.39 is 11.9 Å². The summed E-state index contributed by atoms with van der Waals surface area (Å²) in [6.07, 6.45) is 3.69. The molecule has 0 aliphatic rings. The number of aromatic nitrogens is 1. The van der Waals surface area contributed by atoms with Gasteiger partial charge in [-0.3, -0.25) is 14.5 Å². The van der Waals surface area contributed by atoms with E-state index in [9.17, 15) is 9.59 Å². The zero-order valence-electron chi connectivity index (χ0n) is 8.74. The summed E-state index contributed by atoms with van der Waals surface area (Å²) in [7, 11) is 0. The van der Waals surface area contributed by atoms with Crippen molar-refractivity contribution in [3.63, 3.8) is 0 Å². The zero-order chi connectivity index (χ0) is 12.0. The number of carboxylic acid groups (broad SMARTS) is 2. The number of carboxylic acids is 2. The molecule has 2 N–H and O–H groups in total. The van der Waals surface area contributed by atoms with E-state index in [1.807, 2.05) is 29.1 Å². The zero-order valence-corrected chi connectivity index (χ0v) is 8.74. The first-order valence-electron chi connectivity index (χ1n) is 4.84. The van der Waals surface area contributed by atoms with Crippen LogP contribution in [0, 0.1) is 0 Å². The normalized spacial score (nSPS) is 10.6. The van der Waals surface area contributed by atoms with Crippen LogP contribution in [0.5, 0.6) is 0 Å². The lowest BCUT2D eigenvalue weighted by Gasteiger charge is -2.17. The van der Waals surface area contributed by atoms with Crippen LogP contribution < -0.4 is 0 Å². The van der Waals surface area contributed by atoms with Crippen LogP contribution in [0.2, 0.25) is 0 Å². The minimum Gasteiger partial charge on any atom is -0.480 e. The van der Waals surface area contributed by atoms with Crippen LogP contribution in [-0.4, -0.2) is 51.3 Å². The van der Waals surface area contributed by atoms with Gasteiger partial charge in [0.2, 0.25) is 0 Å². The van der Waals surface area contributed by atoms with Crippen LogP contribution in [0.3, 0.4) is 0 Å². The molecule has 0 aliphatic heterocycles. The number of aliphatic carboxylic acids is 2. The van der Waals surface area contributed by atoms with Crippen molar-refractivity contribution in [3.05, 3.63) is 24.5 Å². The average molecular weight is 226 g/mol. The maximum absolute atomic E-state index is 10.5. The Morgan fingerprint density at radius 3 is 2.00 bits per heavy atom. The summed E-state index contributed by atoms with van der Waals surface area (Å²) in [5.74, 6) is -2.04. The predicted molar refractivity (Wildman–Crippen MR) is 56.1 cm³/mol. The first-order valence-corrected chi connectivity index (χ1v) is 4.84. The minimum atomic E-state index is -1.02. The first kappa shape index (κ1) is 12.3. The summed E-state index contributed by atoms with van der Waals surface area (Å²) < 4.78 is 1.87. The maximum Gasteiger partial charge on any atom is 0.317 e. The van der Waals surface area contributed by atoms with Crippen LogP contribution in [0.1, 0.15) is 0 Å². The fourth-order valence-corrected chi connectivity index (χ4v) is 1.37. The summed E-state index contributed by atoms with van der Waals surface area (Å²) in [5.41, 5.74) is 0. The Bertz CT molecular complexity index is 332. The van der Waals surface area contributed by atoms with Gasteiger partial charge in [-0.2, -0.15) is 0 Å². The quantitative estimate of drug-likeness (QED) is 0.681. The van der Waals surface area contributed by atoms with Gasteiger partial charge in [-0.1, -0.05) is 0 Å². The second kappa shape index (κ2) is 5.92. The number of carbonyl (C=O) groups is 2. The van der Waals surface area contributed by atoms with Crippen LogP contribution in [0.4, 0.5) is 0 Å². The van der Waals surface area contributed by atoms with Crippen molar-refractivity contribution in [1.82, 2.24) is 9.47 Å². The van der Waals surface area contributed by atoms with Crippen molar-refractivity contribution in [2.24, 2.45) is 0 Å². The molecular weight excluding hydrogens is 212 g/mol. The lowest BCUT2D eigenvalue weighted by Crippen LogP contribution is -2.36. The number of hydrogen-bond donors (Lipinski definition) is 2. The van der Waals surface area contributed by atoms with Gasteiger partial charge in [-0.05, 0) is 12.1 Å². The molecule has 6 heteroatoms. The third-order valence-electron chi connectivity index (χ3n) is 2.06. The number of rotatable bonds is 7. The van der Waals surface area contributed by atoms with Crippen LogP contribution >= 0.6 is 0 Å². The first-order chi connectivity index (χ1) is 7.58. The highest BCUT2D eigenvalue weighted by atomic mass is 16.4. The van der Waals surface area contributed by atoms with Gasteiger partial charge in [0, 0.05) is 25.5 Å². The van der Waals surface area contributed by atoms with E-state index in [4.69, 9.17) is 10.2 Å². The fourth-order valence-electron chi connectivity index (χ4n) is 1.37. The Kier molecular flexibility index (Phi) is 4.53. The maximum atomic E-state index is 10.5. The summed E-state index contributed by atoms with van der Waals surface area (Å²) in [6, 6.07) is 3.72. The molecule has 0 spiro atoms. The molecule has 1 heterocycles. The third-order valence-corrected chi connectivity index (χ3v) is 2.06. The van der Waals surface area contributed by atoms with Crippen molar-refractivity contribution < 1.29 is 19.8 Å². The second-order valence-electron chi connectivity index (χ2n) is 3.42. The molecular formula is C10H14N2O4. The molecule has 0 radical (unpaired) electrons. The summed E-state index contributed by atoms with van der Waals surface area (Å²) in [6.45, 7) is 0.460. The van der Waals surface area contributed by atoms with E-state index in [2.05, 4.69) is 0 Å². The Labute approximate surface area is 92.7 Å².